The predicted molar refractivity (Wildman–Crippen MR) is 50.1 cm³/mol. The van der Waals surface area contributed by atoms with Gasteiger partial charge >= 0.3 is 0 Å². The Hall–Kier alpha value is -0.740. The molecule has 5 heteroatoms. The molecule has 12 heavy (non-hydrogen) atoms. The highest BCUT2D eigenvalue weighted by Crippen LogP contribution is 2.31. The van der Waals surface area contributed by atoms with Gasteiger partial charge in [-0.1, -0.05) is 32.4 Å². The van der Waals surface area contributed by atoms with Crippen LogP contribution in [0.5, 0.6) is 0 Å². The number of aromatic nitrogens is 2. The summed E-state index contributed by atoms with van der Waals surface area (Å²) < 4.78 is 0. The molecule has 0 aliphatic rings. The fraction of sp³-hybridized carbons (Fsp3) is 0.571. The number of nitrogens with one attached hydrogen (secondary N) is 2. The fourth-order valence-corrected chi connectivity index (χ4v) is 1.34. The molecular formula is C7H13ClN4. The van der Waals surface area contributed by atoms with Crippen molar-refractivity contribution < 1.29 is 0 Å². The molecule has 0 aliphatic carbocycles. The Morgan fingerprint density at radius 3 is 2.33 bits per heavy atom. The van der Waals surface area contributed by atoms with Crippen molar-refractivity contribution in [1.82, 2.24) is 10.2 Å². The molecule has 0 bridgehead atoms. The molecule has 1 heterocycles. The summed E-state index contributed by atoms with van der Waals surface area (Å²) in [6.45, 7) is 6.14. The van der Waals surface area contributed by atoms with Crippen LogP contribution in [-0.2, 0) is 5.41 Å². The number of hydrogen-bond donors (Lipinski definition) is 3. The van der Waals surface area contributed by atoms with Crippen LogP contribution in [0.15, 0.2) is 0 Å². The molecule has 4 nitrogen and oxygen atoms in total. The quantitative estimate of drug-likeness (QED) is 0.464. The highest BCUT2D eigenvalue weighted by molar-refractivity contribution is 6.33. The summed E-state index contributed by atoms with van der Waals surface area (Å²) in [7, 11) is 0. The molecule has 1 rings (SSSR count). The zero-order valence-corrected chi connectivity index (χ0v) is 8.16. The Balaban J connectivity index is 3.11. The summed E-state index contributed by atoms with van der Waals surface area (Å²) >= 11 is 5.97. The van der Waals surface area contributed by atoms with Gasteiger partial charge in [0.15, 0.2) is 5.82 Å². The largest absolute Gasteiger partial charge is 0.306 e. The van der Waals surface area contributed by atoms with E-state index in [-0.39, 0.29) is 5.41 Å². The lowest BCUT2D eigenvalue weighted by Gasteiger charge is -2.15. The minimum absolute atomic E-state index is 0.0425. The Kier molecular flexibility index (Phi) is 2.30. The van der Waals surface area contributed by atoms with Crippen LogP contribution in [0.3, 0.4) is 0 Å². The zero-order chi connectivity index (χ0) is 9.35. The number of hydrogen-bond acceptors (Lipinski definition) is 3. The van der Waals surface area contributed by atoms with Crippen molar-refractivity contribution >= 4 is 17.4 Å². The molecule has 4 N–H and O–H groups in total. The molecule has 0 unspecified atom stereocenters. The van der Waals surface area contributed by atoms with Crippen molar-refractivity contribution in [3.05, 3.63) is 10.7 Å². The van der Waals surface area contributed by atoms with Gasteiger partial charge in [-0.2, -0.15) is 5.10 Å². The molecule has 0 aromatic carbocycles. The topological polar surface area (TPSA) is 66.7 Å². The molecule has 0 saturated heterocycles. The monoisotopic (exact) mass is 188 g/mol. The van der Waals surface area contributed by atoms with Crippen LogP contribution in [0, 0.1) is 0 Å². The number of halogens is 1. The number of nitrogen functional groups attached to an aromatic ring is 1. The maximum absolute atomic E-state index is 5.97. The maximum atomic E-state index is 5.97. The molecule has 68 valence electrons. The molecule has 0 radical (unpaired) electrons. The van der Waals surface area contributed by atoms with Gasteiger partial charge in [-0.3, -0.25) is 5.10 Å². The number of H-pyrrole nitrogens is 1. The highest BCUT2D eigenvalue weighted by atomic mass is 35.5. The number of nitrogens with two attached hydrogens (primary N) is 1. The minimum Gasteiger partial charge on any atom is -0.306 e. The minimum atomic E-state index is -0.0425. The van der Waals surface area contributed by atoms with Gasteiger partial charge in [0, 0.05) is 5.41 Å². The van der Waals surface area contributed by atoms with E-state index < -0.39 is 0 Å². The predicted octanol–water partition coefficient (Wildman–Crippen LogP) is 1.65. The van der Waals surface area contributed by atoms with Crippen LogP contribution in [0.25, 0.3) is 0 Å². The third kappa shape index (κ3) is 1.54. The van der Waals surface area contributed by atoms with Gasteiger partial charge in [0.25, 0.3) is 0 Å². The molecule has 0 aliphatic heterocycles. The lowest BCUT2D eigenvalue weighted by Crippen LogP contribution is -2.12. The van der Waals surface area contributed by atoms with E-state index in [4.69, 9.17) is 17.4 Å². The first kappa shape index (κ1) is 9.35. The number of nitrogens with zero attached hydrogens (tertiary/aromatic N) is 1. The Bertz CT molecular complexity index is 273. The first-order valence-electron chi connectivity index (χ1n) is 3.67. The maximum Gasteiger partial charge on any atom is 0.180 e. The van der Waals surface area contributed by atoms with Crippen LogP contribution in [0.1, 0.15) is 26.5 Å². The Morgan fingerprint density at radius 1 is 1.50 bits per heavy atom. The molecule has 1 aromatic heterocycles. The van der Waals surface area contributed by atoms with Crippen LogP contribution in [0.2, 0.25) is 5.02 Å². The van der Waals surface area contributed by atoms with Crippen molar-refractivity contribution in [3.8, 4) is 0 Å². The number of hydrazine groups is 1. The number of rotatable bonds is 1. The van der Waals surface area contributed by atoms with E-state index in [2.05, 4.69) is 15.6 Å². The van der Waals surface area contributed by atoms with E-state index >= 15 is 0 Å². The van der Waals surface area contributed by atoms with Crippen molar-refractivity contribution in [2.75, 3.05) is 5.43 Å². The molecular weight excluding hydrogens is 176 g/mol. The normalized spacial score (nSPS) is 11.8. The van der Waals surface area contributed by atoms with Crippen molar-refractivity contribution in [2.24, 2.45) is 5.84 Å². The lowest BCUT2D eigenvalue weighted by atomic mass is 9.92. The summed E-state index contributed by atoms with van der Waals surface area (Å²) in [6, 6.07) is 0. The average Bonchev–Trinajstić information content (AvgIpc) is 2.29. The van der Waals surface area contributed by atoms with Crippen molar-refractivity contribution in [2.45, 2.75) is 26.2 Å². The van der Waals surface area contributed by atoms with Crippen LogP contribution in [-0.4, -0.2) is 10.2 Å². The van der Waals surface area contributed by atoms with E-state index in [1.807, 2.05) is 20.8 Å². The van der Waals surface area contributed by atoms with Gasteiger partial charge in [-0.15, -0.1) is 0 Å². The molecule has 1 aromatic rings. The summed E-state index contributed by atoms with van der Waals surface area (Å²) in [5.41, 5.74) is 3.26. The third-order valence-corrected chi connectivity index (χ3v) is 1.96. The average molecular weight is 189 g/mol. The molecule has 0 amide bonds. The Morgan fingerprint density at radius 2 is 2.08 bits per heavy atom. The smallest absolute Gasteiger partial charge is 0.180 e. The highest BCUT2D eigenvalue weighted by Gasteiger charge is 2.21. The molecule has 0 atom stereocenters. The zero-order valence-electron chi connectivity index (χ0n) is 7.40. The van der Waals surface area contributed by atoms with Crippen LogP contribution in [0.4, 0.5) is 5.82 Å². The SMILES string of the molecule is CC(C)(C)c1[nH]nc(NN)c1Cl. The van der Waals surface area contributed by atoms with Gasteiger partial charge in [0.1, 0.15) is 5.02 Å². The van der Waals surface area contributed by atoms with Gasteiger partial charge in [-0.25, -0.2) is 5.84 Å². The summed E-state index contributed by atoms with van der Waals surface area (Å²) in [6.07, 6.45) is 0. The second kappa shape index (κ2) is 2.95. The summed E-state index contributed by atoms with van der Waals surface area (Å²) in [4.78, 5) is 0. The van der Waals surface area contributed by atoms with E-state index in [0.717, 1.165) is 5.69 Å². The van der Waals surface area contributed by atoms with Gasteiger partial charge < -0.3 is 5.43 Å². The van der Waals surface area contributed by atoms with E-state index in [9.17, 15) is 0 Å². The van der Waals surface area contributed by atoms with Crippen LogP contribution < -0.4 is 11.3 Å². The molecule has 0 fully saturated rings. The van der Waals surface area contributed by atoms with E-state index in [1.165, 1.54) is 0 Å². The third-order valence-electron chi connectivity index (χ3n) is 1.59. The summed E-state index contributed by atoms with van der Waals surface area (Å²) in [5, 5.41) is 7.31. The number of aromatic amines is 1. The Labute approximate surface area is 76.5 Å². The standard InChI is InChI=1S/C7H13ClN4/c1-7(2,3)5-4(8)6(10-9)12-11-5/h9H2,1-3H3,(H2,10,11,12). The van der Waals surface area contributed by atoms with Gasteiger partial charge in [0.05, 0.1) is 5.69 Å². The van der Waals surface area contributed by atoms with E-state index in [1.54, 1.807) is 0 Å². The van der Waals surface area contributed by atoms with Crippen molar-refractivity contribution in [3.63, 3.8) is 0 Å². The molecule has 0 saturated carbocycles. The second-order valence-electron chi connectivity index (χ2n) is 3.66. The first-order chi connectivity index (χ1) is 5.46. The molecule has 0 spiro atoms. The van der Waals surface area contributed by atoms with Gasteiger partial charge in [0.2, 0.25) is 0 Å². The fourth-order valence-electron chi connectivity index (χ4n) is 0.921. The van der Waals surface area contributed by atoms with E-state index in [0.29, 0.717) is 10.8 Å². The lowest BCUT2D eigenvalue weighted by molar-refractivity contribution is 0.567. The van der Waals surface area contributed by atoms with Crippen LogP contribution >= 0.6 is 11.6 Å². The van der Waals surface area contributed by atoms with Gasteiger partial charge in [-0.05, 0) is 0 Å². The van der Waals surface area contributed by atoms with Crippen molar-refractivity contribution in [1.29, 1.82) is 0 Å². The number of anilines is 1. The second-order valence-corrected chi connectivity index (χ2v) is 4.03. The first-order valence-corrected chi connectivity index (χ1v) is 4.05. The summed E-state index contributed by atoms with van der Waals surface area (Å²) in [5.74, 6) is 5.68.